The molecule has 0 atom stereocenters. The molecule has 7 nitrogen and oxygen atoms in total. The Morgan fingerprint density at radius 2 is 1.35 bits per heavy atom. The van der Waals surface area contributed by atoms with Crippen molar-refractivity contribution in [3.63, 3.8) is 0 Å². The van der Waals surface area contributed by atoms with Crippen LogP contribution in [-0.4, -0.2) is 74.6 Å². The fraction of sp³-hybridized carbons (Fsp3) is 0.846. The van der Waals surface area contributed by atoms with E-state index in [2.05, 4.69) is 0 Å². The van der Waals surface area contributed by atoms with Crippen molar-refractivity contribution < 1.29 is 28.9 Å². The zero-order valence-electron chi connectivity index (χ0n) is 11.7. The summed E-state index contributed by atoms with van der Waals surface area (Å²) in [6.45, 7) is 3.94. The third-order valence-electron chi connectivity index (χ3n) is 2.89. The van der Waals surface area contributed by atoms with E-state index in [0.29, 0.717) is 59.2 Å². The van der Waals surface area contributed by atoms with Gasteiger partial charge in [-0.15, -0.1) is 0 Å². The van der Waals surface area contributed by atoms with E-state index in [9.17, 15) is 9.59 Å². The minimum absolute atomic E-state index is 0.0178. The van der Waals surface area contributed by atoms with Crippen molar-refractivity contribution in [2.45, 2.75) is 19.3 Å². The van der Waals surface area contributed by atoms with Crippen molar-refractivity contribution in [3.05, 3.63) is 0 Å². The number of carboxylic acids is 1. The number of nitrogens with zero attached hydrogens (tertiary/aromatic N) is 1. The molecule has 1 saturated heterocycles. The Morgan fingerprint density at radius 1 is 0.850 bits per heavy atom. The summed E-state index contributed by atoms with van der Waals surface area (Å²) in [5.74, 6) is -0.926. The molecule has 0 aromatic rings. The van der Waals surface area contributed by atoms with Gasteiger partial charge < -0.3 is 24.2 Å². The second kappa shape index (κ2) is 10.6. The fourth-order valence-electron chi connectivity index (χ4n) is 1.80. The van der Waals surface area contributed by atoms with Crippen LogP contribution in [0.1, 0.15) is 19.3 Å². The molecule has 1 rings (SSSR count). The van der Waals surface area contributed by atoms with E-state index in [1.807, 2.05) is 0 Å². The minimum Gasteiger partial charge on any atom is -0.481 e. The highest BCUT2D eigenvalue weighted by atomic mass is 16.5. The molecular formula is C13H23NO6. The molecule has 1 heterocycles. The highest BCUT2D eigenvalue weighted by Gasteiger charge is 2.14. The van der Waals surface area contributed by atoms with Gasteiger partial charge in [0.05, 0.1) is 39.6 Å². The first-order valence-corrected chi connectivity index (χ1v) is 6.93. The van der Waals surface area contributed by atoms with Crippen LogP contribution in [0.2, 0.25) is 0 Å². The zero-order valence-corrected chi connectivity index (χ0v) is 11.7. The van der Waals surface area contributed by atoms with Gasteiger partial charge in [0, 0.05) is 25.9 Å². The van der Waals surface area contributed by atoms with Crippen molar-refractivity contribution >= 4 is 11.9 Å². The number of carbonyl (C=O) groups is 2. The van der Waals surface area contributed by atoms with Crippen molar-refractivity contribution in [2.75, 3.05) is 52.7 Å². The van der Waals surface area contributed by atoms with Crippen LogP contribution in [0.25, 0.3) is 0 Å². The number of hydrogen-bond acceptors (Lipinski definition) is 5. The second-order valence-corrected chi connectivity index (χ2v) is 4.47. The molecule has 1 amide bonds. The number of rotatable bonds is 4. The lowest BCUT2D eigenvalue weighted by Crippen LogP contribution is -2.37. The van der Waals surface area contributed by atoms with Gasteiger partial charge in [0.1, 0.15) is 0 Å². The lowest BCUT2D eigenvalue weighted by Gasteiger charge is -2.23. The van der Waals surface area contributed by atoms with E-state index in [1.54, 1.807) is 4.90 Å². The first kappa shape index (κ1) is 16.9. The molecule has 0 spiro atoms. The summed E-state index contributed by atoms with van der Waals surface area (Å²) >= 11 is 0. The lowest BCUT2D eigenvalue weighted by atomic mass is 10.2. The topological polar surface area (TPSA) is 85.3 Å². The number of carboxylic acid groups (broad SMARTS) is 1. The molecule has 0 radical (unpaired) electrons. The van der Waals surface area contributed by atoms with Gasteiger partial charge in [-0.25, -0.2) is 0 Å². The molecule has 1 N–H and O–H groups in total. The number of ether oxygens (including phenoxy) is 3. The van der Waals surface area contributed by atoms with Gasteiger partial charge in [-0.2, -0.15) is 0 Å². The molecule has 0 aromatic carbocycles. The molecule has 0 aliphatic carbocycles. The van der Waals surface area contributed by atoms with E-state index in [1.165, 1.54) is 0 Å². The van der Waals surface area contributed by atoms with E-state index >= 15 is 0 Å². The lowest BCUT2D eigenvalue weighted by molar-refractivity contribution is -0.137. The normalized spacial score (nSPS) is 18.9. The van der Waals surface area contributed by atoms with E-state index in [-0.39, 0.29) is 18.7 Å². The van der Waals surface area contributed by atoms with Gasteiger partial charge in [0.25, 0.3) is 0 Å². The third kappa shape index (κ3) is 8.08. The monoisotopic (exact) mass is 289 g/mol. The van der Waals surface area contributed by atoms with Crippen molar-refractivity contribution in [1.82, 2.24) is 4.90 Å². The molecule has 1 aliphatic rings. The third-order valence-corrected chi connectivity index (χ3v) is 2.89. The fourth-order valence-corrected chi connectivity index (χ4v) is 1.80. The number of carbonyl (C=O) groups excluding carboxylic acids is 1. The quantitative estimate of drug-likeness (QED) is 0.792. The van der Waals surface area contributed by atoms with Crippen LogP contribution in [0.4, 0.5) is 0 Å². The zero-order chi connectivity index (χ0) is 14.6. The van der Waals surface area contributed by atoms with E-state index in [0.717, 1.165) is 0 Å². The molecule has 0 saturated carbocycles. The summed E-state index contributed by atoms with van der Waals surface area (Å²) < 4.78 is 16.0. The van der Waals surface area contributed by atoms with E-state index < -0.39 is 5.97 Å². The Bertz CT molecular complexity index is 285. The molecule has 116 valence electrons. The predicted molar refractivity (Wildman–Crippen MR) is 70.5 cm³/mol. The van der Waals surface area contributed by atoms with Crippen molar-refractivity contribution in [3.8, 4) is 0 Å². The van der Waals surface area contributed by atoms with Crippen LogP contribution < -0.4 is 0 Å². The first-order chi connectivity index (χ1) is 9.70. The van der Waals surface area contributed by atoms with Gasteiger partial charge >= 0.3 is 5.97 Å². The Morgan fingerprint density at radius 3 is 1.85 bits per heavy atom. The maximum absolute atomic E-state index is 12.0. The van der Waals surface area contributed by atoms with Crippen molar-refractivity contribution in [2.24, 2.45) is 0 Å². The Balaban J connectivity index is 2.33. The molecule has 1 fully saturated rings. The number of aliphatic carboxylic acids is 1. The van der Waals surface area contributed by atoms with Gasteiger partial charge in [0.2, 0.25) is 5.91 Å². The summed E-state index contributed by atoms with van der Waals surface area (Å²) in [4.78, 5) is 24.1. The van der Waals surface area contributed by atoms with Crippen LogP contribution in [0.15, 0.2) is 0 Å². The smallest absolute Gasteiger partial charge is 0.303 e. The summed E-state index contributed by atoms with van der Waals surface area (Å²) in [7, 11) is 0. The molecule has 1 aliphatic heterocycles. The molecule has 20 heavy (non-hydrogen) atoms. The summed E-state index contributed by atoms with van der Waals surface area (Å²) in [6.07, 6.45) is 0.625. The SMILES string of the molecule is O=C(O)CCCC(=O)N1CCOCCOCCOCC1. The van der Waals surface area contributed by atoms with Crippen LogP contribution in [-0.2, 0) is 23.8 Å². The van der Waals surface area contributed by atoms with E-state index in [4.69, 9.17) is 19.3 Å². The molecule has 0 unspecified atom stereocenters. The molecule has 0 aromatic heterocycles. The molecule has 0 bridgehead atoms. The van der Waals surface area contributed by atoms with Crippen LogP contribution in [0.5, 0.6) is 0 Å². The van der Waals surface area contributed by atoms with Gasteiger partial charge in [0.15, 0.2) is 0 Å². The maximum atomic E-state index is 12.0. The standard InChI is InChI=1S/C13H23NO6/c15-12(2-1-3-13(16)17)14-4-6-18-8-10-20-11-9-19-7-5-14/h1-11H2,(H,16,17). The highest BCUT2D eigenvalue weighted by molar-refractivity contribution is 5.77. The van der Waals surface area contributed by atoms with Gasteiger partial charge in [-0.1, -0.05) is 0 Å². The van der Waals surface area contributed by atoms with Crippen molar-refractivity contribution in [1.29, 1.82) is 0 Å². The second-order valence-electron chi connectivity index (χ2n) is 4.47. The van der Waals surface area contributed by atoms with Gasteiger partial charge in [-0.3, -0.25) is 9.59 Å². The number of amides is 1. The summed E-state index contributed by atoms with van der Waals surface area (Å²) in [5.41, 5.74) is 0. The Labute approximate surface area is 118 Å². The molecular weight excluding hydrogens is 266 g/mol. The maximum Gasteiger partial charge on any atom is 0.303 e. The van der Waals surface area contributed by atoms with Crippen LogP contribution in [0.3, 0.4) is 0 Å². The Kier molecular flexibility index (Phi) is 8.93. The predicted octanol–water partition coefficient (Wildman–Crippen LogP) is 0.133. The average Bonchev–Trinajstić information content (AvgIpc) is 2.38. The van der Waals surface area contributed by atoms with Crippen LogP contribution >= 0.6 is 0 Å². The minimum atomic E-state index is -0.877. The Hall–Kier alpha value is -1.18. The summed E-state index contributed by atoms with van der Waals surface area (Å²) in [5, 5.41) is 8.57. The summed E-state index contributed by atoms with van der Waals surface area (Å²) in [6, 6.07) is 0. The average molecular weight is 289 g/mol. The highest BCUT2D eigenvalue weighted by Crippen LogP contribution is 2.02. The first-order valence-electron chi connectivity index (χ1n) is 6.93. The van der Waals surface area contributed by atoms with Gasteiger partial charge in [-0.05, 0) is 6.42 Å². The number of hydrogen-bond donors (Lipinski definition) is 1. The molecule has 7 heteroatoms. The van der Waals surface area contributed by atoms with Crippen LogP contribution in [0, 0.1) is 0 Å². The largest absolute Gasteiger partial charge is 0.481 e.